The van der Waals surface area contributed by atoms with Gasteiger partial charge in [0.1, 0.15) is 0 Å². The van der Waals surface area contributed by atoms with E-state index in [1.165, 1.54) is 11.8 Å². The van der Waals surface area contributed by atoms with Gasteiger partial charge in [0.25, 0.3) is 11.5 Å². The highest BCUT2D eigenvalue weighted by Crippen LogP contribution is 2.15. The molecule has 3 rings (SSSR count). The van der Waals surface area contributed by atoms with E-state index in [0.717, 1.165) is 38.3 Å². The molecule has 27 heavy (non-hydrogen) atoms. The second-order valence-corrected chi connectivity index (χ2v) is 7.56. The van der Waals surface area contributed by atoms with Gasteiger partial charge in [-0.25, -0.2) is 0 Å². The molecule has 0 radical (unpaired) electrons. The van der Waals surface area contributed by atoms with Crippen LogP contribution in [-0.4, -0.2) is 38.2 Å². The van der Waals surface area contributed by atoms with Crippen molar-refractivity contribution in [2.24, 2.45) is 5.92 Å². The Hall–Kier alpha value is -2.41. The number of nitrogens with zero attached hydrogens (tertiary/aromatic N) is 4. The van der Waals surface area contributed by atoms with Crippen LogP contribution in [0.25, 0.3) is 0 Å². The molecule has 0 atom stereocenters. The van der Waals surface area contributed by atoms with Crippen molar-refractivity contribution in [2.75, 3.05) is 13.1 Å². The highest BCUT2D eigenvalue weighted by molar-refractivity contribution is 5.93. The Morgan fingerprint density at radius 2 is 2.11 bits per heavy atom. The Labute approximate surface area is 160 Å². The maximum Gasteiger partial charge on any atom is 0.251 e. The minimum Gasteiger partial charge on any atom is -0.346 e. The molecule has 7 heteroatoms. The van der Waals surface area contributed by atoms with Gasteiger partial charge in [0, 0.05) is 50.6 Å². The summed E-state index contributed by atoms with van der Waals surface area (Å²) >= 11 is 0. The topological polar surface area (TPSA) is 72.2 Å². The molecule has 1 aliphatic rings. The Bertz CT molecular complexity index is 852. The number of hydrogen-bond donors (Lipinski definition) is 1. The third-order valence-corrected chi connectivity index (χ3v) is 4.80. The van der Waals surface area contributed by atoms with Gasteiger partial charge in [0.2, 0.25) is 0 Å². The van der Waals surface area contributed by atoms with E-state index in [2.05, 4.69) is 39.9 Å². The third-order valence-electron chi connectivity index (χ3n) is 4.80. The summed E-state index contributed by atoms with van der Waals surface area (Å²) in [6.45, 7) is 11.3. The molecule has 0 spiro atoms. The Morgan fingerprint density at radius 1 is 1.30 bits per heavy atom. The lowest BCUT2D eigenvalue weighted by molar-refractivity contribution is 0.0950. The van der Waals surface area contributed by atoms with Crippen LogP contribution in [0.2, 0.25) is 0 Å². The molecule has 0 aliphatic carbocycles. The van der Waals surface area contributed by atoms with Gasteiger partial charge in [0.05, 0.1) is 17.9 Å². The van der Waals surface area contributed by atoms with Crippen molar-refractivity contribution in [1.29, 1.82) is 0 Å². The predicted octanol–water partition coefficient (Wildman–Crippen LogP) is 1.86. The maximum atomic E-state index is 12.3. The molecular formula is C20H29N5O2. The maximum absolute atomic E-state index is 12.3. The largest absolute Gasteiger partial charge is 0.346 e. The fourth-order valence-electron chi connectivity index (χ4n) is 3.53. The number of amides is 1. The van der Waals surface area contributed by atoms with Crippen LogP contribution in [0.3, 0.4) is 0 Å². The zero-order valence-corrected chi connectivity index (χ0v) is 16.4. The highest BCUT2D eigenvalue weighted by atomic mass is 16.2. The first-order valence-corrected chi connectivity index (χ1v) is 9.73. The molecule has 0 bridgehead atoms. The van der Waals surface area contributed by atoms with E-state index in [9.17, 15) is 9.59 Å². The van der Waals surface area contributed by atoms with Crippen molar-refractivity contribution < 1.29 is 4.79 Å². The van der Waals surface area contributed by atoms with E-state index in [1.807, 2.05) is 6.92 Å². The fourth-order valence-corrected chi connectivity index (χ4v) is 3.53. The molecular weight excluding hydrogens is 342 g/mol. The minimum absolute atomic E-state index is 0.163. The van der Waals surface area contributed by atoms with E-state index in [1.54, 1.807) is 16.8 Å². The van der Waals surface area contributed by atoms with Crippen molar-refractivity contribution in [1.82, 2.24) is 24.6 Å². The van der Waals surface area contributed by atoms with E-state index in [4.69, 9.17) is 0 Å². The van der Waals surface area contributed by atoms with Crippen LogP contribution < -0.4 is 10.9 Å². The van der Waals surface area contributed by atoms with E-state index in [0.29, 0.717) is 24.6 Å². The molecule has 0 fully saturated rings. The third kappa shape index (κ3) is 4.86. The summed E-state index contributed by atoms with van der Waals surface area (Å²) in [7, 11) is 0. The average Bonchev–Trinajstić information content (AvgIpc) is 2.91. The predicted molar refractivity (Wildman–Crippen MR) is 105 cm³/mol. The van der Waals surface area contributed by atoms with Gasteiger partial charge in [0.15, 0.2) is 0 Å². The number of carbonyl (C=O) groups excluding carboxylic acids is 1. The Kier molecular flexibility index (Phi) is 6.11. The standard InChI is InChI=1S/C20H29N5O2/c1-4-24-9-6-16(10-19(24)26)20(27)21-12-17-11-18-14-23(13-15(2)3)7-5-8-25(18)22-17/h6,9-11,15H,4-5,7-8,12-14H2,1-3H3,(H,21,27). The monoisotopic (exact) mass is 371 g/mol. The van der Waals surface area contributed by atoms with Gasteiger partial charge in [-0.05, 0) is 31.4 Å². The van der Waals surface area contributed by atoms with E-state index >= 15 is 0 Å². The summed E-state index contributed by atoms with van der Waals surface area (Å²) < 4.78 is 3.62. The van der Waals surface area contributed by atoms with Gasteiger partial charge < -0.3 is 9.88 Å². The number of nitrogens with one attached hydrogen (secondary N) is 1. The molecule has 1 N–H and O–H groups in total. The van der Waals surface area contributed by atoms with Crippen molar-refractivity contribution in [3.8, 4) is 0 Å². The number of fused-ring (bicyclic) bond motifs is 1. The molecule has 2 aromatic rings. The summed E-state index contributed by atoms with van der Waals surface area (Å²) in [5, 5.41) is 7.52. The van der Waals surface area contributed by atoms with Crippen LogP contribution >= 0.6 is 0 Å². The van der Waals surface area contributed by atoms with Crippen LogP contribution in [0.5, 0.6) is 0 Å². The van der Waals surface area contributed by atoms with Gasteiger partial charge >= 0.3 is 0 Å². The molecule has 0 aromatic carbocycles. The molecule has 3 heterocycles. The summed E-state index contributed by atoms with van der Waals surface area (Å²) in [6.07, 6.45) is 2.74. The minimum atomic E-state index is -0.250. The van der Waals surface area contributed by atoms with Crippen molar-refractivity contribution in [2.45, 2.75) is 53.4 Å². The lowest BCUT2D eigenvalue weighted by Crippen LogP contribution is -2.27. The first-order chi connectivity index (χ1) is 13.0. The average molecular weight is 371 g/mol. The Morgan fingerprint density at radius 3 is 2.81 bits per heavy atom. The summed E-state index contributed by atoms with van der Waals surface area (Å²) in [5.41, 5.74) is 2.27. The van der Waals surface area contributed by atoms with Crippen LogP contribution in [-0.2, 0) is 26.2 Å². The normalized spacial score (nSPS) is 14.8. The van der Waals surface area contributed by atoms with E-state index < -0.39 is 0 Å². The zero-order chi connectivity index (χ0) is 19.4. The smallest absolute Gasteiger partial charge is 0.251 e. The Balaban J connectivity index is 1.63. The number of aromatic nitrogens is 3. The van der Waals surface area contributed by atoms with Crippen molar-refractivity contribution in [3.05, 3.63) is 51.7 Å². The van der Waals surface area contributed by atoms with Crippen LogP contribution in [0, 0.1) is 5.92 Å². The van der Waals surface area contributed by atoms with Crippen LogP contribution in [0.15, 0.2) is 29.2 Å². The highest BCUT2D eigenvalue weighted by Gasteiger charge is 2.17. The number of carbonyl (C=O) groups is 1. The molecule has 0 saturated carbocycles. The van der Waals surface area contributed by atoms with Gasteiger partial charge in [-0.3, -0.25) is 19.2 Å². The molecule has 0 unspecified atom stereocenters. The quantitative estimate of drug-likeness (QED) is 0.841. The first-order valence-electron chi connectivity index (χ1n) is 9.73. The lowest BCUT2D eigenvalue weighted by atomic mass is 10.2. The number of pyridine rings is 1. The van der Waals surface area contributed by atoms with E-state index in [-0.39, 0.29) is 11.5 Å². The first kappa shape index (κ1) is 19.4. The number of aryl methyl sites for hydroxylation is 2. The van der Waals surface area contributed by atoms with Crippen LogP contribution in [0.4, 0.5) is 0 Å². The van der Waals surface area contributed by atoms with Crippen molar-refractivity contribution >= 4 is 5.91 Å². The molecule has 1 amide bonds. The zero-order valence-electron chi connectivity index (χ0n) is 16.4. The lowest BCUT2D eigenvalue weighted by Gasteiger charge is -2.21. The molecule has 0 saturated heterocycles. The summed E-state index contributed by atoms with van der Waals surface area (Å²) in [4.78, 5) is 26.7. The summed E-state index contributed by atoms with van der Waals surface area (Å²) in [6, 6.07) is 5.13. The molecule has 1 aliphatic heterocycles. The second-order valence-electron chi connectivity index (χ2n) is 7.56. The van der Waals surface area contributed by atoms with Gasteiger partial charge in [-0.1, -0.05) is 13.8 Å². The molecule has 146 valence electrons. The molecule has 2 aromatic heterocycles. The van der Waals surface area contributed by atoms with Crippen molar-refractivity contribution in [3.63, 3.8) is 0 Å². The fraction of sp³-hybridized carbons (Fsp3) is 0.550. The SMILES string of the molecule is CCn1ccc(C(=O)NCc2cc3n(n2)CCCN(CC(C)C)C3)cc1=O. The molecule has 7 nitrogen and oxygen atoms in total. The van der Waals surface area contributed by atoms with Crippen LogP contribution in [0.1, 0.15) is 48.9 Å². The summed E-state index contributed by atoms with van der Waals surface area (Å²) in [5.74, 6) is 0.390. The number of rotatable bonds is 6. The van der Waals surface area contributed by atoms with Gasteiger partial charge in [-0.2, -0.15) is 5.10 Å². The second kappa shape index (κ2) is 8.52. The van der Waals surface area contributed by atoms with Gasteiger partial charge in [-0.15, -0.1) is 0 Å². The number of hydrogen-bond acceptors (Lipinski definition) is 4.